The molecular weight excluding hydrogens is 475 g/mol. The Morgan fingerprint density at radius 2 is 1.97 bits per heavy atom. The molecule has 0 saturated heterocycles. The number of hydrogen-bond acceptors (Lipinski definition) is 7. The van der Waals surface area contributed by atoms with Crippen molar-refractivity contribution in [2.24, 2.45) is 0 Å². The summed E-state index contributed by atoms with van der Waals surface area (Å²) in [7, 11) is 0. The average molecular weight is 491 g/mol. The largest absolute Gasteiger partial charge is 0.335 e. The van der Waals surface area contributed by atoms with Crippen molar-refractivity contribution in [1.82, 2.24) is 19.9 Å². The fraction of sp³-hybridized carbons (Fsp3) is 0.100. The number of carbonyl (C=O) groups is 1. The Morgan fingerprint density at radius 3 is 2.71 bits per heavy atom. The molecule has 1 amide bonds. The molecule has 0 aliphatic carbocycles. The number of anilines is 1. The van der Waals surface area contributed by atoms with Gasteiger partial charge in [-0.2, -0.15) is 0 Å². The number of rotatable bonds is 6. The monoisotopic (exact) mass is 490 g/mol. The van der Waals surface area contributed by atoms with E-state index in [2.05, 4.69) is 20.5 Å². The van der Waals surface area contributed by atoms with Crippen LogP contribution in [-0.4, -0.2) is 31.5 Å². The van der Waals surface area contributed by atoms with E-state index in [4.69, 9.17) is 29.0 Å². The van der Waals surface area contributed by atoms with Gasteiger partial charge < -0.3 is 11.2 Å². The Bertz CT molecular complexity index is 1240. The highest BCUT2D eigenvalue weighted by atomic mass is 35.5. The van der Waals surface area contributed by atoms with Crippen LogP contribution in [0.5, 0.6) is 0 Å². The first-order valence-electron chi connectivity index (χ1n) is 9.04. The number of thioether (sulfide) groups is 1. The number of benzene rings is 2. The zero-order valence-electron chi connectivity index (χ0n) is 16.2. The SMILES string of the molecule is Cc1sc(NC(=O)CSc2nnc(-c3ccc(Cl)cc3Cl)n2N)nc1-c1ccccc1. The van der Waals surface area contributed by atoms with Crippen LogP contribution in [0.1, 0.15) is 4.88 Å². The van der Waals surface area contributed by atoms with Crippen molar-refractivity contribution in [3.8, 4) is 22.6 Å². The van der Waals surface area contributed by atoms with Crippen LogP contribution < -0.4 is 11.2 Å². The lowest BCUT2D eigenvalue weighted by molar-refractivity contribution is -0.113. The number of amides is 1. The quantitative estimate of drug-likeness (QED) is 0.287. The Kier molecular flexibility index (Phi) is 6.47. The molecule has 0 fully saturated rings. The zero-order chi connectivity index (χ0) is 22.0. The van der Waals surface area contributed by atoms with Crippen LogP contribution in [0.3, 0.4) is 0 Å². The second-order valence-corrected chi connectivity index (χ2v) is 9.42. The van der Waals surface area contributed by atoms with E-state index in [0.717, 1.165) is 16.1 Å². The topological polar surface area (TPSA) is 98.7 Å². The second-order valence-electron chi connectivity index (χ2n) is 6.43. The van der Waals surface area contributed by atoms with Crippen LogP contribution >= 0.6 is 46.3 Å². The number of nitrogens with two attached hydrogens (primary N) is 1. The first-order valence-corrected chi connectivity index (χ1v) is 11.6. The van der Waals surface area contributed by atoms with E-state index in [1.54, 1.807) is 18.2 Å². The lowest BCUT2D eigenvalue weighted by Crippen LogP contribution is -2.16. The summed E-state index contributed by atoms with van der Waals surface area (Å²) in [5.41, 5.74) is 2.47. The first-order chi connectivity index (χ1) is 14.9. The van der Waals surface area contributed by atoms with E-state index in [1.165, 1.54) is 27.8 Å². The highest BCUT2D eigenvalue weighted by Crippen LogP contribution is 2.31. The van der Waals surface area contributed by atoms with Crippen molar-refractivity contribution in [1.29, 1.82) is 0 Å². The van der Waals surface area contributed by atoms with Crippen LogP contribution in [0.25, 0.3) is 22.6 Å². The molecule has 0 spiro atoms. The van der Waals surface area contributed by atoms with Gasteiger partial charge in [0.15, 0.2) is 11.0 Å². The summed E-state index contributed by atoms with van der Waals surface area (Å²) >= 11 is 14.8. The summed E-state index contributed by atoms with van der Waals surface area (Å²) in [6, 6.07) is 14.9. The Hall–Kier alpha value is -2.59. The molecule has 31 heavy (non-hydrogen) atoms. The standard InChI is InChI=1S/C20H16Cl2N6OS2/c1-11-17(12-5-3-2-4-6-12)25-19(31-11)24-16(29)10-30-20-27-26-18(28(20)23)14-8-7-13(21)9-15(14)22/h2-9H,10,23H2,1H3,(H,24,25,29). The molecule has 4 rings (SSSR count). The third kappa shape index (κ3) is 4.85. The average Bonchev–Trinajstić information content (AvgIpc) is 3.29. The molecule has 0 unspecified atom stereocenters. The number of carbonyl (C=O) groups excluding carboxylic acids is 1. The molecule has 2 aromatic heterocycles. The number of aromatic nitrogens is 4. The van der Waals surface area contributed by atoms with Crippen molar-refractivity contribution >= 4 is 57.3 Å². The van der Waals surface area contributed by atoms with Crippen molar-refractivity contribution in [2.45, 2.75) is 12.1 Å². The maximum atomic E-state index is 12.4. The number of thiazole rings is 1. The van der Waals surface area contributed by atoms with Gasteiger partial charge in [0.25, 0.3) is 0 Å². The van der Waals surface area contributed by atoms with Crippen LogP contribution in [0.4, 0.5) is 5.13 Å². The van der Waals surface area contributed by atoms with Gasteiger partial charge in [-0.1, -0.05) is 65.3 Å². The molecule has 0 radical (unpaired) electrons. The third-order valence-electron chi connectivity index (χ3n) is 4.26. The summed E-state index contributed by atoms with van der Waals surface area (Å²) in [4.78, 5) is 18.0. The van der Waals surface area contributed by atoms with E-state index in [0.29, 0.717) is 31.7 Å². The minimum atomic E-state index is -0.215. The molecule has 2 aromatic carbocycles. The zero-order valence-corrected chi connectivity index (χ0v) is 19.3. The van der Waals surface area contributed by atoms with E-state index in [-0.39, 0.29) is 11.7 Å². The van der Waals surface area contributed by atoms with Crippen molar-refractivity contribution < 1.29 is 4.79 Å². The van der Waals surface area contributed by atoms with Gasteiger partial charge in [0.1, 0.15) is 0 Å². The van der Waals surface area contributed by atoms with Gasteiger partial charge in [-0.25, -0.2) is 9.66 Å². The van der Waals surface area contributed by atoms with Crippen LogP contribution in [0.2, 0.25) is 10.0 Å². The smallest absolute Gasteiger partial charge is 0.236 e. The molecule has 4 aromatic rings. The summed E-state index contributed by atoms with van der Waals surface area (Å²) in [5, 5.41) is 12.8. The van der Waals surface area contributed by atoms with Gasteiger partial charge in [0.05, 0.1) is 16.5 Å². The predicted octanol–water partition coefficient (Wildman–Crippen LogP) is 5.13. The van der Waals surface area contributed by atoms with Crippen LogP contribution in [0, 0.1) is 6.92 Å². The summed E-state index contributed by atoms with van der Waals surface area (Å²) < 4.78 is 1.30. The second kappa shape index (κ2) is 9.27. The molecule has 2 heterocycles. The van der Waals surface area contributed by atoms with E-state index < -0.39 is 0 Å². The van der Waals surface area contributed by atoms with Crippen LogP contribution in [-0.2, 0) is 4.79 Å². The van der Waals surface area contributed by atoms with E-state index >= 15 is 0 Å². The Morgan fingerprint density at radius 1 is 1.19 bits per heavy atom. The summed E-state index contributed by atoms with van der Waals surface area (Å²) in [6.45, 7) is 1.98. The number of hydrogen-bond donors (Lipinski definition) is 2. The van der Waals surface area contributed by atoms with Gasteiger partial charge in [0, 0.05) is 21.0 Å². The lowest BCUT2D eigenvalue weighted by Gasteiger charge is -2.05. The molecule has 0 aliphatic rings. The molecule has 0 atom stereocenters. The molecular formula is C20H16Cl2N6OS2. The Labute approximate surface area is 196 Å². The molecule has 158 valence electrons. The highest BCUT2D eigenvalue weighted by Gasteiger charge is 2.17. The van der Waals surface area contributed by atoms with Gasteiger partial charge in [-0.05, 0) is 25.1 Å². The molecule has 0 aliphatic heterocycles. The van der Waals surface area contributed by atoms with Crippen molar-refractivity contribution in [3.63, 3.8) is 0 Å². The minimum Gasteiger partial charge on any atom is -0.335 e. The summed E-state index contributed by atoms with van der Waals surface area (Å²) in [6.07, 6.45) is 0. The van der Waals surface area contributed by atoms with Gasteiger partial charge in [-0.15, -0.1) is 21.5 Å². The number of nitrogens with one attached hydrogen (secondary N) is 1. The summed E-state index contributed by atoms with van der Waals surface area (Å²) in [5.74, 6) is 6.37. The predicted molar refractivity (Wildman–Crippen MR) is 127 cm³/mol. The van der Waals surface area contributed by atoms with Crippen molar-refractivity contribution in [2.75, 3.05) is 16.9 Å². The van der Waals surface area contributed by atoms with E-state index in [9.17, 15) is 4.79 Å². The number of nitrogen functional groups attached to an aromatic ring is 1. The number of aryl methyl sites for hydroxylation is 1. The first kappa shape index (κ1) is 21.6. The van der Waals surface area contributed by atoms with Gasteiger partial charge >= 0.3 is 0 Å². The highest BCUT2D eigenvalue weighted by molar-refractivity contribution is 7.99. The minimum absolute atomic E-state index is 0.100. The molecule has 11 heteroatoms. The third-order valence-corrected chi connectivity index (χ3v) is 6.64. The molecule has 0 saturated carbocycles. The molecule has 0 bridgehead atoms. The lowest BCUT2D eigenvalue weighted by atomic mass is 10.1. The van der Waals surface area contributed by atoms with E-state index in [1.807, 2.05) is 37.3 Å². The Balaban J connectivity index is 1.41. The molecule has 3 N–H and O–H groups in total. The fourth-order valence-electron chi connectivity index (χ4n) is 2.83. The number of halogens is 2. The number of nitrogens with zero attached hydrogens (tertiary/aromatic N) is 4. The molecule has 7 nitrogen and oxygen atoms in total. The van der Waals surface area contributed by atoms with Gasteiger partial charge in [-0.3, -0.25) is 4.79 Å². The van der Waals surface area contributed by atoms with Crippen molar-refractivity contribution in [3.05, 3.63) is 63.5 Å². The maximum absolute atomic E-state index is 12.4. The van der Waals surface area contributed by atoms with Gasteiger partial charge in [0.2, 0.25) is 11.1 Å². The maximum Gasteiger partial charge on any atom is 0.236 e. The fourth-order valence-corrected chi connectivity index (χ4v) is 4.83. The normalized spacial score (nSPS) is 10.9. The van der Waals surface area contributed by atoms with Crippen LogP contribution in [0.15, 0.2) is 53.7 Å².